The zero-order valence-corrected chi connectivity index (χ0v) is 23.5. The molecular formula is C27H31F3N8O6. The first kappa shape index (κ1) is 32.3. The Kier molecular flexibility index (Phi) is 10.5. The highest BCUT2D eigenvalue weighted by atomic mass is 19.4. The molecule has 4 aromatic rings. The van der Waals surface area contributed by atoms with Gasteiger partial charge in [-0.15, -0.1) is 0 Å². The largest absolute Gasteiger partial charge is 0.435 e. The molecule has 0 aliphatic heterocycles. The van der Waals surface area contributed by atoms with Crippen molar-refractivity contribution in [3.05, 3.63) is 53.7 Å². The Balaban J connectivity index is 1.69. The molecule has 0 radical (unpaired) electrons. The van der Waals surface area contributed by atoms with Crippen LogP contribution in [-0.4, -0.2) is 85.8 Å². The number of amides is 1. The number of benzene rings is 1. The number of halogens is 3. The lowest BCUT2D eigenvalue weighted by Gasteiger charge is -2.17. The maximum atomic E-state index is 13.9. The fraction of sp³-hybridized carbons (Fsp3) is 0.370. The highest BCUT2D eigenvalue weighted by Crippen LogP contribution is 2.38. The number of aliphatic hydroxyl groups excluding tert-OH is 2. The van der Waals surface area contributed by atoms with Crippen molar-refractivity contribution in [1.29, 1.82) is 0 Å². The Morgan fingerprint density at radius 3 is 2.73 bits per heavy atom. The summed E-state index contributed by atoms with van der Waals surface area (Å²) < 4.78 is 54.5. The van der Waals surface area contributed by atoms with Crippen molar-refractivity contribution in [1.82, 2.24) is 29.5 Å². The molecule has 0 aliphatic carbocycles. The molecule has 0 saturated heterocycles. The van der Waals surface area contributed by atoms with Crippen LogP contribution in [0.15, 0.2) is 36.9 Å². The van der Waals surface area contributed by atoms with E-state index < -0.39 is 30.5 Å². The molecular weight excluding hydrogens is 589 g/mol. The van der Waals surface area contributed by atoms with Crippen molar-refractivity contribution in [2.75, 3.05) is 38.2 Å². The summed E-state index contributed by atoms with van der Waals surface area (Å²) in [6.45, 7) is 2.18. The number of carbonyl (C=O) groups excluding carboxylic acids is 2. The number of rotatable bonds is 15. The van der Waals surface area contributed by atoms with E-state index in [1.165, 1.54) is 35.1 Å². The number of fused-ring (bicyclic) bond motifs is 1. The van der Waals surface area contributed by atoms with E-state index in [-0.39, 0.29) is 65.9 Å². The van der Waals surface area contributed by atoms with E-state index >= 15 is 0 Å². The Bertz CT molecular complexity index is 1610. The van der Waals surface area contributed by atoms with E-state index in [9.17, 15) is 27.9 Å². The summed E-state index contributed by atoms with van der Waals surface area (Å²) in [5.41, 5.74) is 4.98. The number of nitrogens with zero attached hydrogens (tertiary/aromatic N) is 5. The van der Waals surface area contributed by atoms with Gasteiger partial charge in [0.2, 0.25) is 0 Å². The van der Waals surface area contributed by atoms with Crippen LogP contribution in [0.1, 0.15) is 28.5 Å². The normalized spacial score (nSPS) is 12.3. The van der Waals surface area contributed by atoms with Crippen molar-refractivity contribution in [2.45, 2.75) is 32.2 Å². The molecule has 3 heterocycles. The molecule has 14 nitrogen and oxygen atoms in total. The van der Waals surface area contributed by atoms with Gasteiger partial charge in [-0.2, -0.15) is 18.3 Å². The monoisotopic (exact) mass is 620 g/mol. The van der Waals surface area contributed by atoms with Crippen LogP contribution in [-0.2, 0) is 28.7 Å². The molecule has 0 aliphatic rings. The smallest absolute Gasteiger partial charge is 0.426 e. The minimum atomic E-state index is -4.83. The number of hydrogen-bond acceptors (Lipinski definition) is 11. The van der Waals surface area contributed by atoms with Crippen LogP contribution in [0.4, 0.5) is 24.7 Å². The van der Waals surface area contributed by atoms with Crippen LogP contribution >= 0.6 is 0 Å². The van der Waals surface area contributed by atoms with Crippen molar-refractivity contribution in [3.63, 3.8) is 0 Å². The standard InChI is InChI=1S/C27H31F3N8O6/c1-2-17-18(26(42)33-7-10-43-9-5-31)3-4-20(22(17)44-15-40)35-24-25-34-11-21(38(25)8-6-32-24)19-13-37(12-16(41)14-39)36-23(19)27(28,29)30/h3-4,6,8,11,13,15-16,39,41H,2,5,7,9-10,12,14,31H2,1H3,(H,32,35)(H,33,42). The van der Waals surface area contributed by atoms with Gasteiger partial charge in [0.05, 0.1) is 55.6 Å². The maximum Gasteiger partial charge on any atom is 0.435 e. The number of ether oxygens (including phenoxy) is 2. The lowest BCUT2D eigenvalue weighted by molar-refractivity contribution is -0.141. The van der Waals surface area contributed by atoms with Crippen molar-refractivity contribution in [3.8, 4) is 17.0 Å². The summed E-state index contributed by atoms with van der Waals surface area (Å²) in [6.07, 6.45) is -0.758. The first-order chi connectivity index (χ1) is 21.1. The van der Waals surface area contributed by atoms with Crippen LogP contribution in [0.2, 0.25) is 0 Å². The van der Waals surface area contributed by atoms with E-state index in [0.717, 1.165) is 10.9 Å². The van der Waals surface area contributed by atoms with Crippen molar-refractivity contribution < 1.29 is 42.4 Å². The fourth-order valence-electron chi connectivity index (χ4n) is 4.51. The van der Waals surface area contributed by atoms with Gasteiger partial charge in [-0.1, -0.05) is 6.92 Å². The van der Waals surface area contributed by atoms with Gasteiger partial charge >= 0.3 is 6.18 Å². The third-order valence-corrected chi connectivity index (χ3v) is 6.41. The molecule has 0 saturated carbocycles. The van der Waals surface area contributed by atoms with E-state index in [1.54, 1.807) is 6.92 Å². The Morgan fingerprint density at radius 1 is 1.25 bits per heavy atom. The number of aliphatic hydroxyl groups is 2. The Hall–Kier alpha value is -4.58. The molecule has 6 N–H and O–H groups in total. The number of alkyl halides is 3. The first-order valence-corrected chi connectivity index (χ1v) is 13.5. The minimum absolute atomic E-state index is 0.0311. The molecule has 3 aromatic heterocycles. The zero-order valence-electron chi connectivity index (χ0n) is 23.5. The van der Waals surface area contributed by atoms with Crippen LogP contribution in [0.25, 0.3) is 16.9 Å². The van der Waals surface area contributed by atoms with Crippen LogP contribution in [0, 0.1) is 0 Å². The van der Waals surface area contributed by atoms with Crippen LogP contribution in [0.5, 0.6) is 5.75 Å². The molecule has 236 valence electrons. The minimum Gasteiger partial charge on any atom is -0.426 e. The Labute approximate surface area is 248 Å². The second-order valence-electron chi connectivity index (χ2n) is 9.38. The summed E-state index contributed by atoms with van der Waals surface area (Å²) in [4.78, 5) is 32.9. The summed E-state index contributed by atoms with van der Waals surface area (Å²) in [5, 5.41) is 28.1. The molecule has 1 atom stereocenters. The van der Waals surface area contributed by atoms with Crippen molar-refractivity contribution in [2.24, 2.45) is 5.73 Å². The number of hydrogen-bond donors (Lipinski definition) is 5. The van der Waals surface area contributed by atoms with Crippen molar-refractivity contribution >= 4 is 29.5 Å². The second-order valence-corrected chi connectivity index (χ2v) is 9.38. The van der Waals surface area contributed by atoms with Gasteiger partial charge in [0, 0.05) is 42.8 Å². The van der Waals surface area contributed by atoms with Crippen LogP contribution in [0.3, 0.4) is 0 Å². The molecule has 1 unspecified atom stereocenters. The molecule has 0 fully saturated rings. The van der Waals surface area contributed by atoms with E-state index in [0.29, 0.717) is 25.1 Å². The second kappa shape index (κ2) is 14.3. The lowest BCUT2D eigenvalue weighted by Crippen LogP contribution is -2.29. The summed E-state index contributed by atoms with van der Waals surface area (Å²) in [5.74, 6) is -0.234. The molecule has 4 rings (SSSR count). The third-order valence-electron chi connectivity index (χ3n) is 6.41. The third kappa shape index (κ3) is 7.13. The predicted molar refractivity (Wildman–Crippen MR) is 150 cm³/mol. The SMILES string of the molecule is CCc1c(C(=O)NCCOCCN)ccc(Nc2nccn3c(-c4cn(CC(O)CO)nc4C(F)(F)F)cnc23)c1OC=O. The van der Waals surface area contributed by atoms with Gasteiger partial charge in [0.15, 0.2) is 22.9 Å². The maximum absolute atomic E-state index is 13.9. The van der Waals surface area contributed by atoms with Gasteiger partial charge in [-0.05, 0) is 18.6 Å². The number of anilines is 2. The summed E-state index contributed by atoms with van der Waals surface area (Å²) >= 11 is 0. The van der Waals surface area contributed by atoms with E-state index in [4.69, 9.17) is 20.3 Å². The molecule has 0 bridgehead atoms. The summed E-state index contributed by atoms with van der Waals surface area (Å²) in [7, 11) is 0. The number of aromatic nitrogens is 5. The number of imidazole rings is 1. The highest BCUT2D eigenvalue weighted by molar-refractivity contribution is 5.97. The molecule has 44 heavy (non-hydrogen) atoms. The first-order valence-electron chi connectivity index (χ1n) is 13.5. The van der Waals surface area contributed by atoms with Gasteiger partial charge in [0.25, 0.3) is 12.4 Å². The highest BCUT2D eigenvalue weighted by Gasteiger charge is 2.38. The van der Waals surface area contributed by atoms with E-state index in [1.807, 2.05) is 0 Å². The average Bonchev–Trinajstić information content (AvgIpc) is 3.62. The quantitative estimate of drug-likeness (QED) is 0.0956. The number of nitrogens with two attached hydrogens (primary N) is 1. The van der Waals surface area contributed by atoms with Crippen LogP contribution < -0.4 is 21.1 Å². The van der Waals surface area contributed by atoms with Gasteiger partial charge in [-0.25, -0.2) is 9.97 Å². The average molecular weight is 621 g/mol. The zero-order chi connectivity index (χ0) is 31.9. The van der Waals surface area contributed by atoms with Gasteiger partial charge < -0.3 is 36.1 Å². The van der Waals surface area contributed by atoms with Gasteiger partial charge in [0.1, 0.15) is 0 Å². The topological polar surface area (TPSA) is 191 Å². The molecule has 0 spiro atoms. The number of nitrogens with one attached hydrogen (secondary N) is 2. The molecule has 1 amide bonds. The number of carbonyl (C=O) groups is 2. The predicted octanol–water partition coefficient (Wildman–Crippen LogP) is 1.51. The molecule has 17 heteroatoms. The Morgan fingerprint density at radius 2 is 2.05 bits per heavy atom. The van der Waals surface area contributed by atoms with Gasteiger partial charge in [-0.3, -0.25) is 18.7 Å². The fourth-order valence-corrected chi connectivity index (χ4v) is 4.51. The summed E-state index contributed by atoms with van der Waals surface area (Å²) in [6, 6.07) is 3.04. The lowest BCUT2D eigenvalue weighted by atomic mass is 10.0. The van der Waals surface area contributed by atoms with E-state index in [2.05, 4.69) is 25.7 Å². The molecule has 1 aromatic carbocycles.